The smallest absolute Gasteiger partial charge is 0.337 e. The van der Waals surface area contributed by atoms with E-state index in [1.807, 2.05) is 0 Å². The van der Waals surface area contributed by atoms with E-state index in [1.54, 1.807) is 0 Å². The largest absolute Gasteiger partial charge is 0.478 e. The Bertz CT molecular complexity index is 439. The van der Waals surface area contributed by atoms with E-state index >= 15 is 0 Å². The molecule has 0 aliphatic rings. The van der Waals surface area contributed by atoms with Crippen LogP contribution in [0.3, 0.4) is 0 Å². The lowest BCUT2D eigenvalue weighted by Gasteiger charge is -2.00. The van der Waals surface area contributed by atoms with Crippen LogP contribution in [0.5, 0.6) is 0 Å². The highest BCUT2D eigenvalue weighted by Gasteiger charge is 2.18. The first-order valence-corrected chi connectivity index (χ1v) is 4.67. The van der Waals surface area contributed by atoms with Crippen molar-refractivity contribution in [1.29, 1.82) is 0 Å². The number of hydrogen-bond donors (Lipinski definition) is 3. The summed E-state index contributed by atoms with van der Waals surface area (Å²) in [5.41, 5.74) is -0.440. The highest BCUT2D eigenvalue weighted by Crippen LogP contribution is 2.14. The van der Waals surface area contributed by atoms with E-state index in [9.17, 15) is 13.2 Å². The molecule has 0 spiro atoms. The zero-order valence-electron chi connectivity index (χ0n) is 7.04. The van der Waals surface area contributed by atoms with Crippen LogP contribution in [0, 0.1) is 0 Å². The van der Waals surface area contributed by atoms with Gasteiger partial charge in [-0.1, -0.05) is 12.1 Å². The molecule has 14 heavy (non-hydrogen) atoms. The van der Waals surface area contributed by atoms with Gasteiger partial charge in [0.15, 0.2) is 0 Å². The first-order valence-electron chi connectivity index (χ1n) is 3.23. The molecule has 0 fully saturated rings. The molecule has 1 rings (SSSR count). The maximum Gasteiger partial charge on any atom is 0.337 e. The van der Waals surface area contributed by atoms with Crippen LogP contribution < -0.4 is 6.15 Å². The fourth-order valence-electron chi connectivity index (χ4n) is 0.868. The molecular weight excluding hydrogens is 210 g/mol. The fraction of sp³-hybridized carbons (Fsp3) is 0. The summed E-state index contributed by atoms with van der Waals surface area (Å²) in [7, 11) is -4.46. The van der Waals surface area contributed by atoms with Crippen molar-refractivity contribution in [3.8, 4) is 0 Å². The Balaban J connectivity index is 0.00000169. The second-order valence-corrected chi connectivity index (χ2v) is 3.67. The molecule has 0 saturated heterocycles. The second kappa shape index (κ2) is 4.18. The Morgan fingerprint density at radius 3 is 2.07 bits per heavy atom. The molecule has 1 aromatic carbocycles. The molecule has 0 unspecified atom stereocenters. The number of benzene rings is 1. The summed E-state index contributed by atoms with van der Waals surface area (Å²) >= 11 is 0. The summed E-state index contributed by atoms with van der Waals surface area (Å²) in [6.07, 6.45) is 0. The van der Waals surface area contributed by atoms with Gasteiger partial charge < -0.3 is 11.3 Å². The molecule has 0 radical (unpaired) electrons. The number of carbonyl (C=O) groups is 1. The summed E-state index contributed by atoms with van der Waals surface area (Å²) in [4.78, 5) is 9.90. The Kier molecular flexibility index (Phi) is 3.75. The molecule has 0 atom stereocenters. The van der Waals surface area contributed by atoms with Gasteiger partial charge in [-0.15, -0.1) is 0 Å². The molecule has 0 saturated carbocycles. The highest BCUT2D eigenvalue weighted by molar-refractivity contribution is 7.86. The van der Waals surface area contributed by atoms with Crippen molar-refractivity contribution in [2.45, 2.75) is 4.90 Å². The van der Waals surface area contributed by atoms with Gasteiger partial charge in [-0.3, -0.25) is 4.55 Å². The van der Waals surface area contributed by atoms with Gasteiger partial charge in [-0.25, -0.2) is 4.79 Å². The third-order valence-corrected chi connectivity index (χ3v) is 2.31. The van der Waals surface area contributed by atoms with Crippen LogP contribution in [0.25, 0.3) is 0 Å². The molecule has 0 aliphatic carbocycles. The molecule has 0 bridgehead atoms. The van der Waals surface area contributed by atoms with Gasteiger partial charge in [0.25, 0.3) is 10.1 Å². The average Bonchev–Trinajstić information content (AvgIpc) is 2.03. The summed E-state index contributed by atoms with van der Waals surface area (Å²) in [6, 6.07) is 4.83. The number of hydrogen-bond acceptors (Lipinski definition) is 4. The number of carboxylic acid groups (broad SMARTS) is 1. The van der Waals surface area contributed by atoms with Crippen molar-refractivity contribution in [2.24, 2.45) is 0 Å². The normalized spacial score (nSPS) is 10.4. The predicted octanol–water partition coefficient (Wildman–Crippen LogP) is 0.794. The van der Waals surface area contributed by atoms with E-state index in [0.717, 1.165) is 12.1 Å². The van der Waals surface area contributed by atoms with Crippen LogP contribution in [-0.4, -0.2) is 24.0 Å². The lowest BCUT2D eigenvalue weighted by Crippen LogP contribution is -2.07. The van der Waals surface area contributed by atoms with E-state index in [1.165, 1.54) is 12.1 Å². The average molecular weight is 219 g/mol. The summed E-state index contributed by atoms with van der Waals surface area (Å²) < 4.78 is 29.9. The third-order valence-electron chi connectivity index (χ3n) is 1.40. The van der Waals surface area contributed by atoms with Gasteiger partial charge in [0.1, 0.15) is 4.90 Å². The summed E-state index contributed by atoms with van der Waals surface area (Å²) in [6.45, 7) is 0. The minimum absolute atomic E-state index is 0. The fourth-order valence-corrected chi connectivity index (χ4v) is 1.55. The maximum atomic E-state index is 10.7. The monoisotopic (exact) mass is 219 g/mol. The Morgan fingerprint density at radius 2 is 1.71 bits per heavy atom. The van der Waals surface area contributed by atoms with Crippen molar-refractivity contribution in [2.75, 3.05) is 0 Å². The zero-order valence-corrected chi connectivity index (χ0v) is 7.86. The van der Waals surface area contributed by atoms with Crippen molar-refractivity contribution >= 4 is 16.1 Å². The standard InChI is InChI=1S/C7H6O5S.H3N/c8-7(9)5-3-1-2-4-6(5)13(10,11)12;/h1-4H,(H,8,9)(H,10,11,12);1H3. The minimum Gasteiger partial charge on any atom is -0.478 e. The molecule has 5 N–H and O–H groups in total. The molecule has 0 aliphatic heterocycles. The summed E-state index contributed by atoms with van der Waals surface area (Å²) in [5.74, 6) is -1.40. The number of aromatic carboxylic acids is 1. The Morgan fingerprint density at radius 1 is 1.21 bits per heavy atom. The molecule has 6 nitrogen and oxygen atoms in total. The van der Waals surface area contributed by atoms with Gasteiger partial charge in [-0.05, 0) is 12.1 Å². The van der Waals surface area contributed by atoms with E-state index in [2.05, 4.69) is 0 Å². The van der Waals surface area contributed by atoms with Crippen molar-refractivity contribution < 1.29 is 22.9 Å². The van der Waals surface area contributed by atoms with Gasteiger partial charge in [-0.2, -0.15) is 8.42 Å². The first-order chi connectivity index (χ1) is 5.93. The maximum absolute atomic E-state index is 10.7. The van der Waals surface area contributed by atoms with E-state index in [-0.39, 0.29) is 6.15 Å². The van der Waals surface area contributed by atoms with Gasteiger partial charge in [0.2, 0.25) is 0 Å². The second-order valence-electron chi connectivity index (χ2n) is 2.28. The lowest BCUT2D eigenvalue weighted by atomic mass is 10.2. The number of carboxylic acids is 1. The first kappa shape index (κ1) is 12.6. The minimum atomic E-state index is -4.46. The molecule has 0 aromatic heterocycles. The Labute approximate surface area is 80.5 Å². The van der Waals surface area contributed by atoms with Crippen LogP contribution in [0.2, 0.25) is 0 Å². The van der Waals surface area contributed by atoms with Crippen LogP contribution in [-0.2, 0) is 10.1 Å². The van der Waals surface area contributed by atoms with Gasteiger partial charge in [0, 0.05) is 0 Å². The van der Waals surface area contributed by atoms with E-state index in [0.29, 0.717) is 0 Å². The third kappa shape index (κ3) is 2.52. The summed E-state index contributed by atoms with van der Waals surface area (Å²) in [5, 5.41) is 8.55. The van der Waals surface area contributed by atoms with Crippen molar-refractivity contribution in [3.05, 3.63) is 29.8 Å². The number of rotatable bonds is 2. The topological polar surface area (TPSA) is 127 Å². The van der Waals surface area contributed by atoms with Gasteiger partial charge in [0.05, 0.1) is 5.56 Å². The lowest BCUT2D eigenvalue weighted by molar-refractivity contribution is 0.0692. The van der Waals surface area contributed by atoms with Crippen molar-refractivity contribution in [3.63, 3.8) is 0 Å². The SMILES string of the molecule is N.O=C(O)c1ccccc1S(=O)(=O)O. The molecule has 0 heterocycles. The quantitative estimate of drug-likeness (QED) is 0.631. The van der Waals surface area contributed by atoms with Gasteiger partial charge >= 0.3 is 5.97 Å². The van der Waals surface area contributed by atoms with E-state index < -0.39 is 26.5 Å². The van der Waals surface area contributed by atoms with Crippen LogP contribution in [0.4, 0.5) is 0 Å². The molecule has 78 valence electrons. The molecular formula is C7H9NO5S. The van der Waals surface area contributed by atoms with E-state index in [4.69, 9.17) is 9.66 Å². The predicted molar refractivity (Wildman–Crippen MR) is 48.2 cm³/mol. The van der Waals surface area contributed by atoms with Crippen LogP contribution in [0.1, 0.15) is 10.4 Å². The molecule has 7 heteroatoms. The van der Waals surface area contributed by atoms with Crippen molar-refractivity contribution in [1.82, 2.24) is 6.15 Å². The zero-order chi connectivity index (χ0) is 10.1. The molecule has 0 amide bonds. The molecule has 1 aromatic rings. The van der Waals surface area contributed by atoms with Crippen LogP contribution in [0.15, 0.2) is 29.2 Å². The highest BCUT2D eigenvalue weighted by atomic mass is 32.2. The Hall–Kier alpha value is -1.44. The van der Waals surface area contributed by atoms with Crippen LogP contribution >= 0.6 is 0 Å².